The standard InChI is InChI=1S/C13H14F4N2O2/c1-12(6-18-7-12)21-5-11(20)19-10-4-8(13(15,16)17)2-3-9(10)14/h2-4,18H,5-7H2,1H3,(H,19,20). The number of benzene rings is 1. The van der Waals surface area contributed by atoms with E-state index >= 15 is 0 Å². The molecule has 2 rings (SSSR count). The van der Waals surface area contributed by atoms with Crippen LogP contribution >= 0.6 is 0 Å². The maximum absolute atomic E-state index is 13.4. The first kappa shape index (κ1) is 15.7. The summed E-state index contributed by atoms with van der Waals surface area (Å²) in [4.78, 5) is 11.6. The van der Waals surface area contributed by atoms with Crippen LogP contribution < -0.4 is 10.6 Å². The number of nitrogens with one attached hydrogen (secondary N) is 2. The van der Waals surface area contributed by atoms with Crippen LogP contribution in [0.3, 0.4) is 0 Å². The number of rotatable bonds is 4. The van der Waals surface area contributed by atoms with Gasteiger partial charge in [0.1, 0.15) is 12.4 Å². The number of alkyl halides is 3. The lowest BCUT2D eigenvalue weighted by Gasteiger charge is -2.38. The van der Waals surface area contributed by atoms with Crippen molar-refractivity contribution in [3.63, 3.8) is 0 Å². The second-order valence-electron chi connectivity index (χ2n) is 5.08. The third-order valence-electron chi connectivity index (χ3n) is 3.12. The SMILES string of the molecule is CC1(OCC(=O)Nc2cc(C(F)(F)F)ccc2F)CNC1. The summed E-state index contributed by atoms with van der Waals surface area (Å²) in [5.41, 5.74) is -2.02. The van der Waals surface area contributed by atoms with E-state index < -0.39 is 34.8 Å². The van der Waals surface area contributed by atoms with Gasteiger partial charge in [0.2, 0.25) is 5.91 Å². The summed E-state index contributed by atoms with van der Waals surface area (Å²) < 4.78 is 56.3. The smallest absolute Gasteiger partial charge is 0.363 e. The van der Waals surface area contributed by atoms with Gasteiger partial charge in [0.05, 0.1) is 16.9 Å². The van der Waals surface area contributed by atoms with Gasteiger partial charge in [-0.15, -0.1) is 0 Å². The topological polar surface area (TPSA) is 50.4 Å². The van der Waals surface area contributed by atoms with Crippen LogP contribution in [0.4, 0.5) is 23.2 Å². The molecule has 1 aliphatic rings. The first-order valence-corrected chi connectivity index (χ1v) is 6.21. The monoisotopic (exact) mass is 306 g/mol. The number of carbonyl (C=O) groups excluding carboxylic acids is 1. The summed E-state index contributed by atoms with van der Waals surface area (Å²) in [7, 11) is 0. The predicted molar refractivity (Wildman–Crippen MR) is 67.3 cm³/mol. The molecule has 1 saturated heterocycles. The first-order chi connectivity index (χ1) is 9.70. The minimum atomic E-state index is -4.60. The molecule has 1 aromatic rings. The van der Waals surface area contributed by atoms with Crippen LogP contribution in [-0.2, 0) is 15.7 Å². The molecule has 4 nitrogen and oxygen atoms in total. The Bertz CT molecular complexity index is 541. The lowest BCUT2D eigenvalue weighted by molar-refractivity contribution is -0.137. The Morgan fingerprint density at radius 3 is 2.62 bits per heavy atom. The van der Waals surface area contributed by atoms with Crippen LogP contribution in [0.2, 0.25) is 0 Å². The lowest BCUT2D eigenvalue weighted by atomic mass is 10.0. The molecule has 0 spiro atoms. The van der Waals surface area contributed by atoms with E-state index in [4.69, 9.17) is 4.74 Å². The number of hydrogen-bond donors (Lipinski definition) is 2. The number of halogens is 4. The van der Waals surface area contributed by atoms with Crippen LogP contribution in [0, 0.1) is 5.82 Å². The Labute approximate surface area is 118 Å². The van der Waals surface area contributed by atoms with Crippen molar-refractivity contribution in [2.24, 2.45) is 0 Å². The second kappa shape index (κ2) is 5.61. The Morgan fingerprint density at radius 2 is 2.10 bits per heavy atom. The molecule has 0 bridgehead atoms. The third-order valence-corrected chi connectivity index (χ3v) is 3.12. The van der Waals surface area contributed by atoms with Gasteiger partial charge >= 0.3 is 6.18 Å². The van der Waals surface area contributed by atoms with Gasteiger partial charge in [0.25, 0.3) is 0 Å². The first-order valence-electron chi connectivity index (χ1n) is 6.21. The Balaban J connectivity index is 1.99. The second-order valence-corrected chi connectivity index (χ2v) is 5.08. The van der Waals surface area contributed by atoms with Crippen molar-refractivity contribution in [3.05, 3.63) is 29.6 Å². The van der Waals surface area contributed by atoms with Gasteiger partial charge in [-0.3, -0.25) is 4.79 Å². The summed E-state index contributed by atoms with van der Waals surface area (Å²) in [6, 6.07) is 1.83. The molecule has 1 aliphatic heterocycles. The molecule has 0 aromatic heterocycles. The fourth-order valence-electron chi connectivity index (χ4n) is 1.80. The van der Waals surface area contributed by atoms with E-state index in [0.29, 0.717) is 31.3 Å². The van der Waals surface area contributed by atoms with Crippen LogP contribution in [0.1, 0.15) is 12.5 Å². The van der Waals surface area contributed by atoms with E-state index in [9.17, 15) is 22.4 Å². The van der Waals surface area contributed by atoms with Crippen molar-refractivity contribution in [1.29, 1.82) is 0 Å². The zero-order chi connectivity index (χ0) is 15.7. The molecule has 1 fully saturated rings. The Hall–Kier alpha value is -1.67. The van der Waals surface area contributed by atoms with E-state index in [2.05, 4.69) is 10.6 Å². The Morgan fingerprint density at radius 1 is 1.43 bits per heavy atom. The van der Waals surface area contributed by atoms with Crippen molar-refractivity contribution in [2.45, 2.75) is 18.7 Å². The third kappa shape index (κ3) is 3.92. The van der Waals surface area contributed by atoms with Gasteiger partial charge < -0.3 is 15.4 Å². The fraction of sp³-hybridized carbons (Fsp3) is 0.462. The predicted octanol–water partition coefficient (Wildman–Crippen LogP) is 2.16. The highest BCUT2D eigenvalue weighted by molar-refractivity contribution is 5.91. The van der Waals surface area contributed by atoms with Gasteiger partial charge in [-0.1, -0.05) is 0 Å². The number of amides is 1. The summed E-state index contributed by atoms with van der Waals surface area (Å²) in [5.74, 6) is -1.64. The van der Waals surface area contributed by atoms with Crippen LogP contribution in [-0.4, -0.2) is 31.2 Å². The van der Waals surface area contributed by atoms with Crippen LogP contribution in [0.25, 0.3) is 0 Å². The highest BCUT2D eigenvalue weighted by atomic mass is 19.4. The van der Waals surface area contributed by atoms with E-state index in [-0.39, 0.29) is 6.61 Å². The highest BCUT2D eigenvalue weighted by Gasteiger charge is 2.33. The minimum Gasteiger partial charge on any atom is -0.363 e. The molecular formula is C13H14F4N2O2. The van der Waals surface area contributed by atoms with Crippen molar-refractivity contribution in [3.8, 4) is 0 Å². The van der Waals surface area contributed by atoms with E-state index in [1.54, 1.807) is 6.92 Å². The quantitative estimate of drug-likeness (QED) is 0.838. The van der Waals surface area contributed by atoms with E-state index in [1.807, 2.05) is 0 Å². The van der Waals surface area contributed by atoms with Crippen LogP contribution in [0.15, 0.2) is 18.2 Å². The molecule has 0 atom stereocenters. The van der Waals surface area contributed by atoms with Gasteiger partial charge in [-0.05, 0) is 25.1 Å². The molecule has 2 N–H and O–H groups in total. The number of ether oxygens (including phenoxy) is 1. The molecule has 1 heterocycles. The normalized spacial score (nSPS) is 17.2. The summed E-state index contributed by atoms with van der Waals surface area (Å²) >= 11 is 0. The summed E-state index contributed by atoms with van der Waals surface area (Å²) in [6.45, 7) is 2.60. The molecule has 8 heteroatoms. The van der Waals surface area contributed by atoms with Crippen molar-refractivity contribution in [2.75, 3.05) is 25.0 Å². The highest BCUT2D eigenvalue weighted by Crippen LogP contribution is 2.31. The van der Waals surface area contributed by atoms with Gasteiger partial charge in [-0.25, -0.2) is 4.39 Å². The number of carbonyl (C=O) groups is 1. The van der Waals surface area contributed by atoms with Crippen molar-refractivity contribution < 1.29 is 27.1 Å². The molecule has 0 saturated carbocycles. The summed E-state index contributed by atoms with van der Waals surface area (Å²) in [5, 5.41) is 5.05. The van der Waals surface area contributed by atoms with Gasteiger partial charge in [0, 0.05) is 13.1 Å². The Kier molecular flexibility index (Phi) is 4.20. The number of anilines is 1. The molecule has 0 unspecified atom stereocenters. The maximum atomic E-state index is 13.4. The molecular weight excluding hydrogens is 292 g/mol. The van der Waals surface area contributed by atoms with Crippen LogP contribution in [0.5, 0.6) is 0 Å². The molecule has 0 aliphatic carbocycles. The molecule has 116 valence electrons. The summed E-state index contributed by atoms with van der Waals surface area (Å²) in [6.07, 6.45) is -4.60. The molecule has 0 radical (unpaired) electrons. The zero-order valence-corrected chi connectivity index (χ0v) is 11.2. The molecule has 1 aromatic carbocycles. The fourth-order valence-corrected chi connectivity index (χ4v) is 1.80. The maximum Gasteiger partial charge on any atom is 0.416 e. The average Bonchev–Trinajstić information content (AvgIpc) is 2.35. The van der Waals surface area contributed by atoms with Crippen molar-refractivity contribution >= 4 is 11.6 Å². The van der Waals surface area contributed by atoms with Gasteiger partial charge in [0.15, 0.2) is 0 Å². The minimum absolute atomic E-state index is 0.353. The molecule has 21 heavy (non-hydrogen) atoms. The van der Waals surface area contributed by atoms with Crippen molar-refractivity contribution in [1.82, 2.24) is 5.32 Å². The average molecular weight is 306 g/mol. The zero-order valence-electron chi connectivity index (χ0n) is 11.2. The van der Waals surface area contributed by atoms with E-state index in [1.165, 1.54) is 0 Å². The van der Waals surface area contributed by atoms with E-state index in [0.717, 1.165) is 0 Å². The lowest BCUT2D eigenvalue weighted by Crippen LogP contribution is -2.59. The largest absolute Gasteiger partial charge is 0.416 e. The molecule has 1 amide bonds. The number of hydrogen-bond acceptors (Lipinski definition) is 3. The van der Waals surface area contributed by atoms with Gasteiger partial charge in [-0.2, -0.15) is 13.2 Å².